The molecule has 0 amide bonds. The molecule has 3 nitrogen and oxygen atoms in total. The summed E-state index contributed by atoms with van der Waals surface area (Å²) in [5.74, 6) is -0.106. The number of ether oxygens (including phenoxy) is 1. The number of carbonyl (C=O) groups is 1. The van der Waals surface area contributed by atoms with Crippen molar-refractivity contribution in [3.05, 3.63) is 12.2 Å². The molecule has 0 aliphatic carbocycles. The molecule has 0 unspecified atom stereocenters. The highest BCUT2D eigenvalue weighted by Crippen LogP contribution is 2.29. The highest BCUT2D eigenvalue weighted by molar-refractivity contribution is 5.85. The van der Waals surface area contributed by atoms with Crippen molar-refractivity contribution in [1.29, 1.82) is 0 Å². The van der Waals surface area contributed by atoms with Crippen LogP contribution in [-0.4, -0.2) is 24.2 Å². The third kappa shape index (κ3) is 1.37. The zero-order valence-corrected chi connectivity index (χ0v) is 7.88. The lowest BCUT2D eigenvalue weighted by Gasteiger charge is -2.27. The van der Waals surface area contributed by atoms with E-state index in [0.29, 0.717) is 12.6 Å². The SMILES string of the molecule is CC[C@H]1CC[C@@]2(C=CCOC2=O)N1. The van der Waals surface area contributed by atoms with Crippen molar-refractivity contribution < 1.29 is 9.53 Å². The largest absolute Gasteiger partial charge is 0.460 e. The van der Waals surface area contributed by atoms with Crippen molar-refractivity contribution in [3.8, 4) is 0 Å². The third-order valence-electron chi connectivity index (χ3n) is 2.92. The Kier molecular flexibility index (Phi) is 2.12. The van der Waals surface area contributed by atoms with Gasteiger partial charge in [0.15, 0.2) is 0 Å². The summed E-state index contributed by atoms with van der Waals surface area (Å²) in [6.07, 6.45) is 6.90. The predicted molar refractivity (Wildman–Crippen MR) is 49.3 cm³/mol. The fourth-order valence-corrected chi connectivity index (χ4v) is 2.08. The fourth-order valence-electron chi connectivity index (χ4n) is 2.08. The summed E-state index contributed by atoms with van der Waals surface area (Å²) < 4.78 is 5.02. The maximum absolute atomic E-state index is 11.5. The van der Waals surface area contributed by atoms with E-state index in [9.17, 15) is 4.79 Å². The smallest absolute Gasteiger partial charge is 0.330 e. The van der Waals surface area contributed by atoms with Crippen molar-refractivity contribution in [2.45, 2.75) is 37.8 Å². The highest BCUT2D eigenvalue weighted by atomic mass is 16.5. The second-order valence-corrected chi connectivity index (χ2v) is 3.76. The normalized spacial score (nSPS) is 38.2. The van der Waals surface area contributed by atoms with Crippen LogP contribution < -0.4 is 5.32 Å². The van der Waals surface area contributed by atoms with Crippen LogP contribution in [-0.2, 0) is 9.53 Å². The Bertz CT molecular complexity index is 249. The molecule has 72 valence electrons. The Morgan fingerprint density at radius 2 is 2.62 bits per heavy atom. The Labute approximate surface area is 78.1 Å². The van der Waals surface area contributed by atoms with Gasteiger partial charge in [0.1, 0.15) is 12.1 Å². The minimum Gasteiger partial charge on any atom is -0.460 e. The molecule has 0 radical (unpaired) electrons. The van der Waals surface area contributed by atoms with Gasteiger partial charge < -0.3 is 4.74 Å². The van der Waals surface area contributed by atoms with Crippen molar-refractivity contribution in [3.63, 3.8) is 0 Å². The van der Waals surface area contributed by atoms with Gasteiger partial charge in [-0.1, -0.05) is 13.0 Å². The van der Waals surface area contributed by atoms with Gasteiger partial charge in [-0.3, -0.25) is 5.32 Å². The molecule has 0 saturated carbocycles. The van der Waals surface area contributed by atoms with Crippen LogP contribution in [0.5, 0.6) is 0 Å². The van der Waals surface area contributed by atoms with E-state index in [1.54, 1.807) is 0 Å². The number of esters is 1. The second kappa shape index (κ2) is 3.14. The maximum Gasteiger partial charge on any atom is 0.330 e. The molecule has 2 aliphatic rings. The molecule has 2 aliphatic heterocycles. The monoisotopic (exact) mass is 181 g/mol. The van der Waals surface area contributed by atoms with Crippen molar-refractivity contribution in [2.24, 2.45) is 0 Å². The van der Waals surface area contributed by atoms with Gasteiger partial charge in [0.05, 0.1) is 0 Å². The molecular weight excluding hydrogens is 166 g/mol. The lowest BCUT2D eigenvalue weighted by molar-refractivity contribution is -0.149. The summed E-state index contributed by atoms with van der Waals surface area (Å²) in [6, 6.07) is 0.468. The fraction of sp³-hybridized carbons (Fsp3) is 0.700. The minimum absolute atomic E-state index is 0.106. The van der Waals surface area contributed by atoms with Crippen LogP contribution in [0, 0.1) is 0 Å². The zero-order valence-electron chi connectivity index (χ0n) is 7.88. The van der Waals surface area contributed by atoms with Gasteiger partial charge in [0.25, 0.3) is 0 Å². The molecule has 1 spiro atoms. The van der Waals surface area contributed by atoms with E-state index in [2.05, 4.69) is 12.2 Å². The molecule has 2 atom stereocenters. The first-order valence-corrected chi connectivity index (χ1v) is 4.89. The van der Waals surface area contributed by atoms with E-state index in [4.69, 9.17) is 4.74 Å². The summed E-state index contributed by atoms with van der Waals surface area (Å²) >= 11 is 0. The molecule has 0 aromatic rings. The van der Waals surface area contributed by atoms with Gasteiger partial charge in [0.2, 0.25) is 0 Å². The number of carbonyl (C=O) groups excluding carboxylic acids is 1. The van der Waals surface area contributed by atoms with Crippen LogP contribution in [0.4, 0.5) is 0 Å². The standard InChI is InChI=1S/C10H15NO2/c1-2-8-4-6-10(11-8)5-3-7-13-9(10)12/h3,5,8,11H,2,4,6-7H2,1H3/t8-,10+/m0/s1. The lowest BCUT2D eigenvalue weighted by atomic mass is 9.96. The van der Waals surface area contributed by atoms with E-state index in [1.165, 1.54) is 0 Å². The molecule has 1 saturated heterocycles. The third-order valence-corrected chi connectivity index (χ3v) is 2.92. The molecule has 3 heteroatoms. The van der Waals surface area contributed by atoms with Crippen molar-refractivity contribution in [1.82, 2.24) is 5.32 Å². The van der Waals surface area contributed by atoms with Crippen LogP contribution in [0.25, 0.3) is 0 Å². The van der Waals surface area contributed by atoms with Gasteiger partial charge in [-0.15, -0.1) is 0 Å². The second-order valence-electron chi connectivity index (χ2n) is 3.76. The first-order chi connectivity index (χ1) is 6.27. The first-order valence-electron chi connectivity index (χ1n) is 4.89. The van der Waals surface area contributed by atoms with Gasteiger partial charge in [-0.05, 0) is 25.3 Å². The quantitative estimate of drug-likeness (QED) is 0.484. The zero-order chi connectivity index (χ0) is 9.31. The number of rotatable bonds is 1. The van der Waals surface area contributed by atoms with E-state index >= 15 is 0 Å². The lowest BCUT2D eigenvalue weighted by Crippen LogP contribution is -2.50. The van der Waals surface area contributed by atoms with Gasteiger partial charge >= 0.3 is 5.97 Å². The number of hydrogen-bond donors (Lipinski definition) is 1. The number of nitrogens with one attached hydrogen (secondary N) is 1. The molecule has 0 aromatic heterocycles. The van der Waals surface area contributed by atoms with Crippen molar-refractivity contribution in [2.75, 3.05) is 6.61 Å². The molecule has 0 aromatic carbocycles. The number of cyclic esters (lactones) is 1. The average molecular weight is 181 g/mol. The topological polar surface area (TPSA) is 38.3 Å². The van der Waals surface area contributed by atoms with Crippen LogP contribution in [0.2, 0.25) is 0 Å². The first kappa shape index (κ1) is 8.75. The van der Waals surface area contributed by atoms with Crippen LogP contribution in [0.1, 0.15) is 26.2 Å². The summed E-state index contributed by atoms with van der Waals surface area (Å²) in [5.41, 5.74) is -0.487. The van der Waals surface area contributed by atoms with Gasteiger partial charge in [0, 0.05) is 6.04 Å². The highest BCUT2D eigenvalue weighted by Gasteiger charge is 2.44. The number of hydrogen-bond acceptors (Lipinski definition) is 3. The summed E-state index contributed by atoms with van der Waals surface area (Å²) in [4.78, 5) is 11.5. The van der Waals surface area contributed by atoms with Crippen LogP contribution in [0.3, 0.4) is 0 Å². The molecule has 1 fully saturated rings. The molecule has 2 heterocycles. The predicted octanol–water partition coefficient (Wildman–Crippen LogP) is 1.00. The summed E-state index contributed by atoms with van der Waals surface area (Å²) in [6.45, 7) is 2.56. The maximum atomic E-state index is 11.5. The van der Waals surface area contributed by atoms with Crippen LogP contribution in [0.15, 0.2) is 12.2 Å². The molecule has 2 rings (SSSR count). The van der Waals surface area contributed by atoms with Gasteiger partial charge in [-0.25, -0.2) is 4.79 Å². The van der Waals surface area contributed by atoms with E-state index in [0.717, 1.165) is 19.3 Å². The van der Waals surface area contributed by atoms with E-state index < -0.39 is 5.54 Å². The Morgan fingerprint density at radius 1 is 1.77 bits per heavy atom. The van der Waals surface area contributed by atoms with E-state index in [-0.39, 0.29) is 5.97 Å². The Balaban J connectivity index is 2.16. The molecular formula is C10H15NO2. The molecule has 13 heavy (non-hydrogen) atoms. The summed E-state index contributed by atoms with van der Waals surface area (Å²) in [5, 5.41) is 3.34. The van der Waals surface area contributed by atoms with Crippen molar-refractivity contribution >= 4 is 5.97 Å². The average Bonchev–Trinajstić information content (AvgIpc) is 2.56. The minimum atomic E-state index is -0.487. The Morgan fingerprint density at radius 3 is 3.23 bits per heavy atom. The summed E-state index contributed by atoms with van der Waals surface area (Å²) in [7, 11) is 0. The Hall–Kier alpha value is -0.830. The molecule has 1 N–H and O–H groups in total. The molecule has 0 bridgehead atoms. The van der Waals surface area contributed by atoms with Gasteiger partial charge in [-0.2, -0.15) is 0 Å². The van der Waals surface area contributed by atoms with E-state index in [1.807, 2.05) is 12.2 Å². The van der Waals surface area contributed by atoms with Crippen LogP contribution >= 0.6 is 0 Å².